The molecule has 3 rings (SSSR count). The number of allylic oxidation sites excluding steroid dienone is 2. The van der Waals surface area contributed by atoms with Crippen LogP contribution in [0.15, 0.2) is 47.7 Å². The Morgan fingerprint density at radius 1 is 1.29 bits per heavy atom. The van der Waals surface area contributed by atoms with Crippen molar-refractivity contribution in [1.29, 1.82) is 5.26 Å². The Bertz CT molecular complexity index is 1270. The molecule has 186 valence electrons. The first-order valence-electron chi connectivity index (χ1n) is 11.5. The van der Waals surface area contributed by atoms with Crippen LogP contribution in [-0.4, -0.2) is 50.1 Å². The molecule has 0 bridgehead atoms. The number of thiazole rings is 1. The second kappa shape index (κ2) is 11.5. The molecule has 1 aromatic heterocycles. The Hall–Kier alpha value is -3.16. The molecule has 0 spiro atoms. The molecule has 0 aliphatic carbocycles. The van der Waals surface area contributed by atoms with E-state index in [1.165, 1.54) is 29.9 Å². The number of rotatable bonds is 9. The average molecular weight is 514 g/mol. The second-order valence-electron chi connectivity index (χ2n) is 8.40. The molecule has 2 aromatic rings. The highest BCUT2D eigenvalue weighted by Gasteiger charge is 2.23. The van der Waals surface area contributed by atoms with E-state index in [0.29, 0.717) is 22.1 Å². The second-order valence-corrected chi connectivity index (χ2v) is 11.3. The lowest BCUT2D eigenvalue weighted by Gasteiger charge is -2.25. The third-order valence-corrected chi connectivity index (χ3v) is 7.31. The molecule has 1 saturated heterocycles. The zero-order valence-electron chi connectivity index (χ0n) is 20.5. The van der Waals surface area contributed by atoms with Crippen LogP contribution in [0.3, 0.4) is 0 Å². The number of benzene rings is 1. The van der Waals surface area contributed by atoms with Crippen molar-refractivity contribution in [3.05, 3.63) is 63.8 Å². The van der Waals surface area contributed by atoms with Gasteiger partial charge in [-0.25, -0.2) is 18.1 Å². The molecule has 8 nitrogen and oxygen atoms in total. The maximum Gasteiger partial charge on any atom is 0.284 e. The quantitative estimate of drug-likeness (QED) is 0.493. The fraction of sp³-hybridized carbons (Fsp3) is 0.400. The molecule has 0 radical (unpaired) electrons. The van der Waals surface area contributed by atoms with Gasteiger partial charge in [0.2, 0.25) is 10.0 Å². The molecule has 1 N–H and O–H groups in total. The molecule has 1 fully saturated rings. The summed E-state index contributed by atoms with van der Waals surface area (Å²) in [6, 6.07) is 9.32. The van der Waals surface area contributed by atoms with Crippen molar-refractivity contribution >= 4 is 38.1 Å². The summed E-state index contributed by atoms with van der Waals surface area (Å²) in [6.45, 7) is 8.54. The van der Waals surface area contributed by atoms with Crippen molar-refractivity contribution in [2.75, 3.05) is 30.8 Å². The van der Waals surface area contributed by atoms with Gasteiger partial charge in [-0.2, -0.15) is 5.26 Å². The van der Waals surface area contributed by atoms with Crippen LogP contribution in [0.2, 0.25) is 0 Å². The van der Waals surface area contributed by atoms with Crippen molar-refractivity contribution < 1.29 is 13.2 Å². The van der Waals surface area contributed by atoms with Gasteiger partial charge in [0.05, 0.1) is 24.4 Å². The van der Waals surface area contributed by atoms with Crippen LogP contribution in [-0.2, 0) is 10.0 Å². The first kappa shape index (κ1) is 26.4. The van der Waals surface area contributed by atoms with E-state index in [1.807, 2.05) is 28.7 Å². The highest BCUT2D eigenvalue weighted by Crippen LogP contribution is 2.33. The number of amides is 1. The molecule has 10 heteroatoms. The number of nitrogens with zero attached hydrogens (tertiary/aromatic N) is 4. The summed E-state index contributed by atoms with van der Waals surface area (Å²) in [5.74, 6) is -0.749. The molecule has 1 aliphatic heterocycles. The van der Waals surface area contributed by atoms with E-state index < -0.39 is 15.9 Å². The Kier molecular flexibility index (Phi) is 8.70. The maximum absolute atomic E-state index is 12.5. The van der Waals surface area contributed by atoms with Gasteiger partial charge in [0.1, 0.15) is 5.69 Å². The van der Waals surface area contributed by atoms with Crippen LogP contribution < -0.4 is 9.62 Å². The number of nitriles is 1. The number of carbonyl (C=O) groups is 1. The van der Waals surface area contributed by atoms with Crippen LogP contribution in [0.25, 0.3) is 0 Å². The van der Waals surface area contributed by atoms with E-state index in [0.717, 1.165) is 37.0 Å². The van der Waals surface area contributed by atoms with Gasteiger partial charge < -0.3 is 9.80 Å². The summed E-state index contributed by atoms with van der Waals surface area (Å²) in [5, 5.41) is 9.77. The number of nitrogens with one attached hydrogen (secondary N) is 1. The minimum atomic E-state index is -3.71. The van der Waals surface area contributed by atoms with E-state index in [-0.39, 0.29) is 5.69 Å². The molecule has 0 atom stereocenters. The fourth-order valence-electron chi connectivity index (χ4n) is 3.95. The summed E-state index contributed by atoms with van der Waals surface area (Å²) in [4.78, 5) is 22.1. The number of likely N-dealkylation sites (tertiary alicyclic amines) is 1. The highest BCUT2D eigenvalue weighted by atomic mass is 32.2. The fourth-order valence-corrected chi connectivity index (χ4v) is 5.31. The SMILES string of the molecule is C/C=C(\C=C(/CC)N1CCCC1)CN(c1ccc(C#N)cc1)c1nc(C(=O)NS(C)(=O)=O)c(C)s1. The van der Waals surface area contributed by atoms with Gasteiger partial charge in [-0.1, -0.05) is 13.0 Å². The molecule has 35 heavy (non-hydrogen) atoms. The van der Waals surface area contributed by atoms with Gasteiger partial charge in [0.15, 0.2) is 5.13 Å². The third-order valence-electron chi connectivity index (χ3n) is 5.76. The molecule has 0 unspecified atom stereocenters. The molecule has 1 aromatic carbocycles. The number of aryl methyl sites for hydroxylation is 1. The molecular weight excluding hydrogens is 482 g/mol. The summed E-state index contributed by atoms with van der Waals surface area (Å²) in [6.07, 6.45) is 8.57. The standard InChI is InChI=1S/C25H31N5O3S2/c1-5-19(15-21(6-2)29-13-7-8-14-29)17-30(22-11-9-20(16-26)10-12-22)25-27-23(18(3)34-25)24(31)28-35(4,32)33/h5,9-12,15H,6-8,13-14,17H2,1-4H3,(H,28,31)/b19-5+,21-15+. The maximum atomic E-state index is 12.5. The summed E-state index contributed by atoms with van der Waals surface area (Å²) >= 11 is 1.32. The smallest absolute Gasteiger partial charge is 0.284 e. The lowest BCUT2D eigenvalue weighted by molar-refractivity contribution is 0.0977. The molecule has 1 amide bonds. The van der Waals surface area contributed by atoms with Crippen molar-refractivity contribution in [2.24, 2.45) is 0 Å². The van der Waals surface area contributed by atoms with Crippen molar-refractivity contribution in [1.82, 2.24) is 14.6 Å². The Morgan fingerprint density at radius 2 is 1.94 bits per heavy atom. The minimum Gasteiger partial charge on any atom is -0.375 e. The number of hydrogen-bond acceptors (Lipinski definition) is 8. The molecular formula is C25H31N5O3S2. The summed E-state index contributed by atoms with van der Waals surface area (Å²) in [5.41, 5.74) is 3.83. The molecule has 1 aliphatic rings. The van der Waals surface area contributed by atoms with Crippen LogP contribution in [0.4, 0.5) is 10.8 Å². The first-order chi connectivity index (χ1) is 16.6. The van der Waals surface area contributed by atoms with E-state index in [2.05, 4.69) is 35.0 Å². The van der Waals surface area contributed by atoms with Crippen LogP contribution in [0.5, 0.6) is 0 Å². The minimum absolute atomic E-state index is 0.0814. The molecule has 0 saturated carbocycles. The van der Waals surface area contributed by atoms with Gasteiger partial charge in [-0.05, 0) is 69.0 Å². The average Bonchev–Trinajstić information content (AvgIpc) is 3.48. The number of carbonyl (C=O) groups excluding carboxylic acids is 1. The van der Waals surface area contributed by atoms with Gasteiger partial charge in [0, 0.05) is 29.4 Å². The zero-order valence-corrected chi connectivity index (χ0v) is 22.2. The van der Waals surface area contributed by atoms with Crippen LogP contribution >= 0.6 is 11.3 Å². The van der Waals surface area contributed by atoms with Crippen molar-refractivity contribution in [3.8, 4) is 6.07 Å². The Labute approximate surface area is 211 Å². The van der Waals surface area contributed by atoms with Crippen molar-refractivity contribution in [3.63, 3.8) is 0 Å². The zero-order chi connectivity index (χ0) is 25.6. The number of hydrogen-bond donors (Lipinski definition) is 1. The van der Waals surface area contributed by atoms with Gasteiger partial charge in [-0.15, -0.1) is 11.3 Å². The third kappa shape index (κ3) is 6.93. The van der Waals surface area contributed by atoms with E-state index in [4.69, 9.17) is 0 Å². The number of aromatic nitrogens is 1. The van der Waals surface area contributed by atoms with Crippen LogP contribution in [0.1, 0.15) is 54.0 Å². The van der Waals surface area contributed by atoms with Crippen LogP contribution in [0, 0.1) is 18.3 Å². The lowest BCUT2D eigenvalue weighted by Crippen LogP contribution is -2.30. The highest BCUT2D eigenvalue weighted by molar-refractivity contribution is 7.89. The van der Waals surface area contributed by atoms with Gasteiger partial charge >= 0.3 is 0 Å². The number of anilines is 2. The summed E-state index contributed by atoms with van der Waals surface area (Å²) < 4.78 is 25.1. The monoisotopic (exact) mass is 513 g/mol. The summed E-state index contributed by atoms with van der Waals surface area (Å²) in [7, 11) is -3.71. The predicted octanol–water partition coefficient (Wildman–Crippen LogP) is 4.49. The van der Waals surface area contributed by atoms with E-state index in [1.54, 1.807) is 19.1 Å². The van der Waals surface area contributed by atoms with Gasteiger partial charge in [-0.3, -0.25) is 4.79 Å². The Morgan fingerprint density at radius 3 is 2.49 bits per heavy atom. The largest absolute Gasteiger partial charge is 0.375 e. The normalized spacial score (nSPS) is 14.7. The predicted molar refractivity (Wildman–Crippen MR) is 140 cm³/mol. The van der Waals surface area contributed by atoms with Crippen molar-refractivity contribution in [2.45, 2.75) is 40.0 Å². The lowest BCUT2D eigenvalue weighted by atomic mass is 10.1. The van der Waals surface area contributed by atoms with Gasteiger partial charge in [0.25, 0.3) is 5.91 Å². The Balaban J connectivity index is 1.99. The topological polar surface area (TPSA) is 106 Å². The van der Waals surface area contributed by atoms with E-state index >= 15 is 0 Å². The molecule has 2 heterocycles. The number of sulfonamides is 1. The van der Waals surface area contributed by atoms with E-state index in [9.17, 15) is 18.5 Å². The first-order valence-corrected chi connectivity index (χ1v) is 14.2.